The van der Waals surface area contributed by atoms with Crippen LogP contribution in [0.5, 0.6) is 0 Å². The number of benzene rings is 1. The zero-order valence-electron chi connectivity index (χ0n) is 14.7. The summed E-state index contributed by atoms with van der Waals surface area (Å²) in [6.07, 6.45) is -4.88. The Morgan fingerprint density at radius 1 is 1.15 bits per heavy atom. The summed E-state index contributed by atoms with van der Waals surface area (Å²) < 4.78 is 85.4. The molecule has 146 valence electrons. The highest BCUT2D eigenvalue weighted by Crippen LogP contribution is 2.38. The Morgan fingerprint density at radius 3 is 2.27 bits per heavy atom. The predicted molar refractivity (Wildman–Crippen MR) is 87.2 cm³/mol. The fraction of sp³-hybridized carbons (Fsp3) is 0.579. The lowest BCUT2D eigenvalue weighted by Crippen LogP contribution is -2.32. The standard InChI is InChI=1S/C19H22F6O/c1-11-3-5-12(6-4-11)17(21)18(22)14-8-7-13(15(20)9-14)10-16(26-2)19(23,24)25/h7-9,11-12,16H,3-6,10H2,1-2H3/b18-17-. The van der Waals surface area contributed by atoms with Gasteiger partial charge < -0.3 is 4.74 Å². The maximum absolute atomic E-state index is 14.4. The lowest BCUT2D eigenvalue weighted by atomic mass is 9.82. The molecule has 0 N–H and O–H groups in total. The Labute approximate surface area is 149 Å². The molecule has 2 rings (SSSR count). The normalized spacial score (nSPS) is 23.5. The molecule has 0 bridgehead atoms. The topological polar surface area (TPSA) is 9.23 Å². The molecule has 0 saturated heterocycles. The van der Waals surface area contributed by atoms with Gasteiger partial charge in [0.15, 0.2) is 11.9 Å². The van der Waals surface area contributed by atoms with Crippen LogP contribution >= 0.6 is 0 Å². The van der Waals surface area contributed by atoms with Crippen molar-refractivity contribution in [2.75, 3.05) is 7.11 Å². The van der Waals surface area contributed by atoms with Gasteiger partial charge in [-0.15, -0.1) is 0 Å². The van der Waals surface area contributed by atoms with Gasteiger partial charge in [-0.05, 0) is 30.4 Å². The number of hydrogen-bond acceptors (Lipinski definition) is 1. The minimum atomic E-state index is -4.64. The van der Waals surface area contributed by atoms with Gasteiger partial charge in [-0.25, -0.2) is 13.2 Å². The number of rotatable bonds is 5. The number of methoxy groups -OCH3 is 1. The molecular formula is C19H22F6O. The third-order valence-corrected chi connectivity index (χ3v) is 4.95. The molecule has 1 fully saturated rings. The van der Waals surface area contributed by atoms with Crippen molar-refractivity contribution in [2.45, 2.75) is 51.3 Å². The second kappa shape index (κ2) is 8.46. The van der Waals surface area contributed by atoms with Crippen molar-refractivity contribution in [3.63, 3.8) is 0 Å². The van der Waals surface area contributed by atoms with Gasteiger partial charge >= 0.3 is 6.18 Å². The van der Waals surface area contributed by atoms with E-state index in [9.17, 15) is 26.3 Å². The third kappa shape index (κ3) is 5.02. The lowest BCUT2D eigenvalue weighted by molar-refractivity contribution is -0.212. The maximum atomic E-state index is 14.4. The second-order valence-corrected chi connectivity index (χ2v) is 6.89. The highest BCUT2D eigenvalue weighted by Gasteiger charge is 2.40. The van der Waals surface area contributed by atoms with Crippen LogP contribution in [0.2, 0.25) is 0 Å². The number of allylic oxidation sites excluding steroid dienone is 1. The van der Waals surface area contributed by atoms with Crippen LogP contribution in [0.1, 0.15) is 43.7 Å². The van der Waals surface area contributed by atoms with Crippen LogP contribution in [0.4, 0.5) is 26.3 Å². The molecule has 1 unspecified atom stereocenters. The van der Waals surface area contributed by atoms with Crippen molar-refractivity contribution < 1.29 is 31.1 Å². The summed E-state index contributed by atoms with van der Waals surface area (Å²) in [6, 6.07) is 2.87. The average Bonchev–Trinajstić information content (AvgIpc) is 2.59. The van der Waals surface area contributed by atoms with Gasteiger partial charge in [-0.2, -0.15) is 13.2 Å². The third-order valence-electron chi connectivity index (χ3n) is 4.95. The predicted octanol–water partition coefficient (Wildman–Crippen LogP) is 6.38. The zero-order chi connectivity index (χ0) is 19.5. The molecule has 0 radical (unpaired) electrons. The van der Waals surface area contributed by atoms with E-state index in [-0.39, 0.29) is 11.1 Å². The SMILES string of the molecule is COC(Cc1ccc(/C(F)=C(/F)C2CCC(C)CC2)cc1F)C(F)(F)F. The van der Waals surface area contributed by atoms with Crippen molar-refractivity contribution in [2.24, 2.45) is 11.8 Å². The summed E-state index contributed by atoms with van der Waals surface area (Å²) in [5.41, 5.74) is -0.569. The highest BCUT2D eigenvalue weighted by molar-refractivity contribution is 5.61. The van der Waals surface area contributed by atoms with Crippen molar-refractivity contribution >= 4 is 5.83 Å². The minimum Gasteiger partial charge on any atom is -0.372 e. The van der Waals surface area contributed by atoms with Crippen molar-refractivity contribution in [1.29, 1.82) is 0 Å². The van der Waals surface area contributed by atoms with Gasteiger partial charge in [0.1, 0.15) is 11.6 Å². The molecule has 0 heterocycles. The molecule has 1 aromatic rings. The maximum Gasteiger partial charge on any atom is 0.414 e. The fourth-order valence-corrected chi connectivity index (χ4v) is 3.21. The summed E-state index contributed by atoms with van der Waals surface area (Å²) in [7, 11) is 0.882. The van der Waals surface area contributed by atoms with Gasteiger partial charge in [-0.3, -0.25) is 0 Å². The van der Waals surface area contributed by atoms with Gasteiger partial charge in [0, 0.05) is 25.0 Å². The average molecular weight is 380 g/mol. The summed E-state index contributed by atoms with van der Waals surface area (Å²) in [6.45, 7) is 2.05. The monoisotopic (exact) mass is 380 g/mol. The van der Waals surface area contributed by atoms with E-state index in [1.807, 2.05) is 0 Å². The Morgan fingerprint density at radius 2 is 1.77 bits per heavy atom. The minimum absolute atomic E-state index is 0.266. The zero-order valence-corrected chi connectivity index (χ0v) is 14.7. The molecule has 26 heavy (non-hydrogen) atoms. The van der Waals surface area contributed by atoms with Crippen LogP contribution in [0.3, 0.4) is 0 Å². The molecule has 0 amide bonds. The van der Waals surface area contributed by atoms with Crippen LogP contribution in [0.25, 0.3) is 5.83 Å². The van der Waals surface area contributed by atoms with Gasteiger partial charge in [-0.1, -0.05) is 31.9 Å². The van der Waals surface area contributed by atoms with Gasteiger partial charge in [0.05, 0.1) is 0 Å². The number of hydrogen-bond donors (Lipinski definition) is 0. The summed E-state index contributed by atoms with van der Waals surface area (Å²) in [5, 5.41) is 0. The molecule has 1 saturated carbocycles. The highest BCUT2D eigenvalue weighted by atomic mass is 19.4. The van der Waals surface area contributed by atoms with Crippen molar-refractivity contribution in [1.82, 2.24) is 0 Å². The first-order chi connectivity index (χ1) is 12.1. The summed E-state index contributed by atoms with van der Waals surface area (Å²) in [5.74, 6) is -3.13. The molecule has 0 spiro atoms. The van der Waals surface area contributed by atoms with Crippen LogP contribution in [0.15, 0.2) is 24.0 Å². The fourth-order valence-electron chi connectivity index (χ4n) is 3.21. The Balaban J connectivity index is 2.19. The number of ether oxygens (including phenoxy) is 1. The molecule has 7 heteroatoms. The molecule has 1 aliphatic rings. The van der Waals surface area contributed by atoms with E-state index in [1.165, 1.54) is 0 Å². The van der Waals surface area contributed by atoms with Gasteiger partial charge in [0.25, 0.3) is 0 Å². The summed E-state index contributed by atoms with van der Waals surface area (Å²) in [4.78, 5) is 0. The van der Waals surface area contributed by atoms with Crippen LogP contribution in [-0.2, 0) is 11.2 Å². The van der Waals surface area contributed by atoms with E-state index in [0.717, 1.165) is 38.2 Å². The molecule has 1 aliphatic carbocycles. The number of alkyl halides is 3. The first-order valence-electron chi connectivity index (χ1n) is 8.57. The smallest absolute Gasteiger partial charge is 0.372 e. The molecule has 1 aromatic carbocycles. The van der Waals surface area contributed by atoms with Gasteiger partial charge in [0.2, 0.25) is 0 Å². The largest absolute Gasteiger partial charge is 0.414 e. The second-order valence-electron chi connectivity index (χ2n) is 6.89. The molecule has 1 nitrogen and oxygen atoms in total. The lowest BCUT2D eigenvalue weighted by Gasteiger charge is -2.25. The molecule has 0 aromatic heterocycles. The van der Waals surface area contributed by atoms with E-state index in [4.69, 9.17) is 0 Å². The Kier molecular flexibility index (Phi) is 6.77. The van der Waals surface area contributed by atoms with Crippen LogP contribution in [0, 0.1) is 17.7 Å². The Bertz CT molecular complexity index is 644. The molecular weight excluding hydrogens is 358 g/mol. The van der Waals surface area contributed by atoms with E-state index < -0.39 is 42.1 Å². The quantitative estimate of drug-likeness (QED) is 0.539. The molecule has 1 atom stereocenters. The first-order valence-corrected chi connectivity index (χ1v) is 8.57. The number of halogens is 6. The van der Waals surface area contributed by atoms with E-state index in [0.29, 0.717) is 18.8 Å². The van der Waals surface area contributed by atoms with E-state index in [1.54, 1.807) is 0 Å². The van der Waals surface area contributed by atoms with Crippen molar-refractivity contribution in [3.05, 3.63) is 41.0 Å². The first kappa shape index (κ1) is 20.8. The van der Waals surface area contributed by atoms with E-state index in [2.05, 4.69) is 11.7 Å². The molecule has 0 aliphatic heterocycles. The van der Waals surface area contributed by atoms with E-state index >= 15 is 0 Å². The van der Waals surface area contributed by atoms with Crippen molar-refractivity contribution in [3.8, 4) is 0 Å². The van der Waals surface area contributed by atoms with Crippen LogP contribution in [-0.4, -0.2) is 19.4 Å². The summed E-state index contributed by atoms with van der Waals surface area (Å²) >= 11 is 0. The van der Waals surface area contributed by atoms with Crippen LogP contribution < -0.4 is 0 Å². The Hall–Kier alpha value is -1.50.